The number of carbonyl (C=O) groups excluding carboxylic acids is 2. The molecule has 3 rings (SSSR count). The highest BCUT2D eigenvalue weighted by Gasteiger charge is 2.49. The molecule has 1 atom stereocenters. The van der Waals surface area contributed by atoms with Crippen molar-refractivity contribution in [1.82, 2.24) is 4.98 Å². The summed E-state index contributed by atoms with van der Waals surface area (Å²) >= 11 is 0. The fraction of sp³-hybridized carbons (Fsp3) is 0.500. The Labute approximate surface area is 188 Å². The van der Waals surface area contributed by atoms with Crippen molar-refractivity contribution in [2.24, 2.45) is 17.1 Å². The normalized spacial score (nSPS) is 15.8. The Morgan fingerprint density at radius 3 is 2.39 bits per heavy atom. The zero-order valence-electron chi connectivity index (χ0n) is 18.6. The lowest BCUT2D eigenvalue weighted by atomic mass is 9.75. The Morgan fingerprint density at radius 1 is 1.21 bits per heavy atom. The molecule has 1 saturated carbocycles. The number of hydrogen-bond acceptors (Lipinski definition) is 7. The quantitative estimate of drug-likeness (QED) is 0.501. The minimum atomic E-state index is -3.07. The molecule has 33 heavy (non-hydrogen) atoms. The molecule has 11 heteroatoms. The summed E-state index contributed by atoms with van der Waals surface area (Å²) in [6.45, 7) is 3.67. The molecule has 1 aromatic heterocycles. The first-order valence-electron chi connectivity index (χ1n) is 10.2. The summed E-state index contributed by atoms with van der Waals surface area (Å²) in [5.41, 5.74) is 2.15. The molecular weight excluding hydrogens is 445 g/mol. The van der Waals surface area contributed by atoms with Crippen LogP contribution >= 0.6 is 0 Å². The average molecular weight is 470 g/mol. The fourth-order valence-corrected chi connectivity index (χ4v) is 3.08. The van der Waals surface area contributed by atoms with Crippen LogP contribution < -0.4 is 15.2 Å². The molecule has 0 spiro atoms. The van der Waals surface area contributed by atoms with Gasteiger partial charge >= 0.3 is 18.7 Å². The number of nitrogens with zero attached hydrogens (tertiary/aromatic N) is 1. The molecular formula is C22H25F3N2O6. The maximum absolute atomic E-state index is 13.9. The number of halogens is 3. The fourth-order valence-electron chi connectivity index (χ4n) is 3.08. The SMILES string of the molecule is CC(C)(C)C(C)(OC(N)=O)c1oc(-c2ccc(OC(F)F)c(OCC3CC3)c2)nc1C(=O)F. The van der Waals surface area contributed by atoms with Gasteiger partial charge in [0.15, 0.2) is 28.6 Å². The van der Waals surface area contributed by atoms with Crippen LogP contribution in [0.3, 0.4) is 0 Å². The molecule has 0 bridgehead atoms. The lowest BCUT2D eigenvalue weighted by Crippen LogP contribution is -2.43. The maximum Gasteiger partial charge on any atom is 0.405 e. The van der Waals surface area contributed by atoms with Crippen LogP contribution in [0.25, 0.3) is 11.5 Å². The minimum Gasteiger partial charge on any atom is -0.489 e. The number of amides is 1. The Bertz CT molecular complexity index is 1050. The second-order valence-electron chi connectivity index (χ2n) is 8.97. The number of nitrogens with two attached hydrogens (primary N) is 1. The molecule has 180 valence electrons. The molecule has 0 saturated heterocycles. The van der Waals surface area contributed by atoms with Crippen LogP contribution in [0.5, 0.6) is 11.5 Å². The van der Waals surface area contributed by atoms with Crippen LogP contribution in [-0.2, 0) is 10.3 Å². The van der Waals surface area contributed by atoms with E-state index >= 15 is 0 Å². The molecule has 2 N–H and O–H groups in total. The number of hydrogen-bond donors (Lipinski definition) is 1. The topological polar surface area (TPSA) is 114 Å². The summed E-state index contributed by atoms with van der Waals surface area (Å²) in [5, 5.41) is 0. The third kappa shape index (κ3) is 5.40. The van der Waals surface area contributed by atoms with Gasteiger partial charge in [-0.2, -0.15) is 13.2 Å². The van der Waals surface area contributed by atoms with Crippen molar-refractivity contribution in [3.63, 3.8) is 0 Å². The highest BCUT2D eigenvalue weighted by molar-refractivity contribution is 5.88. The van der Waals surface area contributed by atoms with Crippen molar-refractivity contribution in [2.45, 2.75) is 52.7 Å². The Balaban J connectivity index is 2.08. The third-order valence-electron chi connectivity index (χ3n) is 5.56. The molecule has 0 radical (unpaired) electrons. The Kier molecular flexibility index (Phi) is 6.62. The molecule has 1 aliphatic rings. The van der Waals surface area contributed by atoms with E-state index in [1.54, 1.807) is 20.8 Å². The highest BCUT2D eigenvalue weighted by atomic mass is 19.3. The maximum atomic E-state index is 13.9. The van der Waals surface area contributed by atoms with Crippen LogP contribution in [0.2, 0.25) is 0 Å². The van der Waals surface area contributed by atoms with Crippen LogP contribution in [0.4, 0.5) is 18.0 Å². The van der Waals surface area contributed by atoms with Crippen LogP contribution in [0.1, 0.15) is 56.8 Å². The molecule has 0 aliphatic heterocycles. The summed E-state index contributed by atoms with van der Waals surface area (Å²) in [6, 6.07) is 2.00. The van der Waals surface area contributed by atoms with E-state index in [2.05, 4.69) is 9.72 Å². The number of ether oxygens (including phenoxy) is 3. The second kappa shape index (κ2) is 8.95. The molecule has 8 nitrogen and oxygen atoms in total. The van der Waals surface area contributed by atoms with E-state index in [9.17, 15) is 22.8 Å². The predicted octanol–water partition coefficient (Wildman–Crippen LogP) is 5.20. The van der Waals surface area contributed by atoms with E-state index in [1.807, 2.05) is 0 Å². The molecule has 1 fully saturated rings. The standard InChI is InChI=1S/C22H25F3N2O6/c1-21(2,3)22(4,33-20(26)29)16-15(17(23)28)27-18(32-16)12-7-8-13(31-19(24)25)14(9-12)30-10-11-5-6-11/h7-9,11,19H,5-6,10H2,1-4H3,(H2,26,29). The lowest BCUT2D eigenvalue weighted by molar-refractivity contribution is -0.0708. The van der Waals surface area contributed by atoms with Crippen molar-refractivity contribution in [2.75, 3.05) is 6.61 Å². The predicted molar refractivity (Wildman–Crippen MR) is 110 cm³/mol. The van der Waals surface area contributed by atoms with Gasteiger partial charge in [-0.25, -0.2) is 9.78 Å². The first-order chi connectivity index (χ1) is 15.3. The van der Waals surface area contributed by atoms with Gasteiger partial charge < -0.3 is 24.4 Å². The van der Waals surface area contributed by atoms with Gasteiger partial charge in [-0.15, -0.1) is 0 Å². The first kappa shape index (κ1) is 24.4. The van der Waals surface area contributed by atoms with Gasteiger partial charge in [0.2, 0.25) is 5.89 Å². The zero-order valence-corrected chi connectivity index (χ0v) is 18.6. The van der Waals surface area contributed by atoms with Crippen molar-refractivity contribution >= 4 is 12.1 Å². The number of benzene rings is 1. The molecule has 1 aliphatic carbocycles. The molecule has 1 amide bonds. The smallest absolute Gasteiger partial charge is 0.405 e. The Morgan fingerprint density at radius 2 is 1.88 bits per heavy atom. The van der Waals surface area contributed by atoms with E-state index in [-0.39, 0.29) is 28.7 Å². The zero-order chi connectivity index (χ0) is 24.6. The summed E-state index contributed by atoms with van der Waals surface area (Å²) in [7, 11) is 0. The molecule has 1 heterocycles. The van der Waals surface area contributed by atoms with E-state index in [4.69, 9.17) is 19.6 Å². The van der Waals surface area contributed by atoms with Gasteiger partial charge in [0, 0.05) is 11.0 Å². The number of carbonyl (C=O) groups is 2. The van der Waals surface area contributed by atoms with Crippen LogP contribution in [0.15, 0.2) is 22.6 Å². The Hall–Kier alpha value is -3.24. The van der Waals surface area contributed by atoms with Gasteiger partial charge in [0.05, 0.1) is 6.61 Å². The van der Waals surface area contributed by atoms with E-state index in [0.29, 0.717) is 12.5 Å². The van der Waals surface area contributed by atoms with Crippen molar-refractivity contribution in [3.05, 3.63) is 29.7 Å². The van der Waals surface area contributed by atoms with Crippen molar-refractivity contribution in [3.8, 4) is 23.0 Å². The van der Waals surface area contributed by atoms with Crippen LogP contribution in [-0.4, -0.2) is 30.3 Å². The summed E-state index contributed by atoms with van der Waals surface area (Å²) in [4.78, 5) is 27.2. The monoisotopic (exact) mass is 470 g/mol. The number of alkyl halides is 2. The highest BCUT2D eigenvalue weighted by Crippen LogP contribution is 2.46. The molecule has 1 aromatic carbocycles. The number of oxazole rings is 1. The second-order valence-corrected chi connectivity index (χ2v) is 8.97. The first-order valence-corrected chi connectivity index (χ1v) is 10.2. The average Bonchev–Trinajstić information content (AvgIpc) is 3.40. The van der Waals surface area contributed by atoms with Gasteiger partial charge in [0.1, 0.15) is 0 Å². The molecule has 1 unspecified atom stereocenters. The number of aromatic nitrogens is 1. The number of rotatable bonds is 9. The van der Waals surface area contributed by atoms with E-state index in [0.717, 1.165) is 12.8 Å². The summed E-state index contributed by atoms with van der Waals surface area (Å²) in [6.07, 6.45) is 0.786. The lowest BCUT2D eigenvalue weighted by Gasteiger charge is -2.38. The minimum absolute atomic E-state index is 0.0135. The molecule has 2 aromatic rings. The van der Waals surface area contributed by atoms with Gasteiger partial charge in [-0.3, -0.25) is 4.79 Å². The summed E-state index contributed by atoms with van der Waals surface area (Å²) in [5.74, 6) is -0.409. The van der Waals surface area contributed by atoms with E-state index < -0.39 is 35.5 Å². The van der Waals surface area contributed by atoms with Gasteiger partial charge in [-0.05, 0) is 43.9 Å². The van der Waals surface area contributed by atoms with Gasteiger partial charge in [-0.1, -0.05) is 20.8 Å². The largest absolute Gasteiger partial charge is 0.489 e. The van der Waals surface area contributed by atoms with E-state index in [1.165, 1.54) is 25.1 Å². The van der Waals surface area contributed by atoms with Crippen LogP contribution in [0, 0.1) is 11.3 Å². The summed E-state index contributed by atoms with van der Waals surface area (Å²) < 4.78 is 60.6. The van der Waals surface area contributed by atoms with Gasteiger partial charge in [0.25, 0.3) is 0 Å². The van der Waals surface area contributed by atoms with Crippen molar-refractivity contribution in [1.29, 1.82) is 0 Å². The van der Waals surface area contributed by atoms with Crippen molar-refractivity contribution < 1.29 is 41.4 Å². The third-order valence-corrected chi connectivity index (χ3v) is 5.56. The number of primary amides is 1.